The van der Waals surface area contributed by atoms with Gasteiger partial charge in [-0.15, -0.1) is 0 Å². The Morgan fingerprint density at radius 1 is 1.05 bits per heavy atom. The molecule has 2 rings (SSSR count). The van der Waals surface area contributed by atoms with Gasteiger partial charge in [-0.1, -0.05) is 49.2 Å². The van der Waals surface area contributed by atoms with Gasteiger partial charge < -0.3 is 9.84 Å². The van der Waals surface area contributed by atoms with Crippen molar-refractivity contribution in [3.05, 3.63) is 64.7 Å². The molecular weight excluding hydrogens is 260 g/mol. The van der Waals surface area contributed by atoms with Gasteiger partial charge in [0.1, 0.15) is 18.5 Å². The minimum absolute atomic E-state index is 0.275. The Balaban J connectivity index is 1.95. The second kappa shape index (κ2) is 7.28. The van der Waals surface area contributed by atoms with Gasteiger partial charge in [0.05, 0.1) is 0 Å². The van der Waals surface area contributed by atoms with Crippen molar-refractivity contribution < 1.29 is 9.84 Å². The van der Waals surface area contributed by atoms with Crippen molar-refractivity contribution in [1.82, 2.24) is 0 Å². The van der Waals surface area contributed by atoms with E-state index in [1.807, 2.05) is 31.2 Å². The zero-order chi connectivity index (χ0) is 15.2. The van der Waals surface area contributed by atoms with E-state index >= 15 is 0 Å². The van der Waals surface area contributed by atoms with Crippen molar-refractivity contribution in [2.24, 2.45) is 0 Å². The Morgan fingerprint density at radius 3 is 2.38 bits per heavy atom. The Bertz CT molecular complexity index is 573. The average molecular weight is 284 g/mol. The molecule has 0 amide bonds. The highest BCUT2D eigenvalue weighted by Gasteiger charge is 2.11. The Kier molecular flexibility index (Phi) is 5.40. The van der Waals surface area contributed by atoms with Crippen molar-refractivity contribution in [2.45, 2.75) is 39.7 Å². The van der Waals surface area contributed by atoms with Crippen LogP contribution in [0.1, 0.15) is 41.7 Å². The van der Waals surface area contributed by atoms with Crippen molar-refractivity contribution >= 4 is 0 Å². The van der Waals surface area contributed by atoms with E-state index in [-0.39, 0.29) is 6.61 Å². The number of aryl methyl sites for hydroxylation is 3. The fourth-order valence-corrected chi connectivity index (χ4v) is 2.51. The van der Waals surface area contributed by atoms with E-state index in [9.17, 15) is 5.11 Å². The summed E-state index contributed by atoms with van der Waals surface area (Å²) in [4.78, 5) is 0. The van der Waals surface area contributed by atoms with Gasteiger partial charge in [-0.05, 0) is 49.1 Å². The summed E-state index contributed by atoms with van der Waals surface area (Å²) in [5, 5.41) is 10.3. The van der Waals surface area contributed by atoms with Crippen molar-refractivity contribution in [1.29, 1.82) is 0 Å². The molecule has 0 bridgehead atoms. The standard InChI is InChI=1S/C19H24O2/c1-4-5-16-7-9-17(10-8-16)21-13-19(20)18-11-6-14(2)12-15(18)3/h6-12,19-20H,4-5,13H2,1-3H3. The number of benzene rings is 2. The van der Waals surface area contributed by atoms with E-state index < -0.39 is 6.10 Å². The molecule has 2 nitrogen and oxygen atoms in total. The molecule has 0 heterocycles. The summed E-state index contributed by atoms with van der Waals surface area (Å²) in [5.74, 6) is 0.804. The second-order valence-corrected chi connectivity index (χ2v) is 5.58. The Hall–Kier alpha value is -1.80. The van der Waals surface area contributed by atoms with Crippen LogP contribution in [0.5, 0.6) is 5.75 Å². The monoisotopic (exact) mass is 284 g/mol. The Labute approximate surface area is 127 Å². The summed E-state index contributed by atoms with van der Waals surface area (Å²) < 4.78 is 5.69. The highest BCUT2D eigenvalue weighted by atomic mass is 16.5. The highest BCUT2D eigenvalue weighted by Crippen LogP contribution is 2.21. The van der Waals surface area contributed by atoms with Crippen LogP contribution in [0.2, 0.25) is 0 Å². The van der Waals surface area contributed by atoms with E-state index in [1.54, 1.807) is 0 Å². The predicted octanol–water partition coefficient (Wildman–Crippen LogP) is 4.37. The smallest absolute Gasteiger partial charge is 0.119 e. The van der Waals surface area contributed by atoms with Crippen LogP contribution in [-0.4, -0.2) is 11.7 Å². The zero-order valence-electron chi connectivity index (χ0n) is 13.1. The first-order chi connectivity index (χ1) is 10.1. The third-order valence-electron chi connectivity index (χ3n) is 3.65. The highest BCUT2D eigenvalue weighted by molar-refractivity contribution is 5.32. The minimum Gasteiger partial charge on any atom is -0.491 e. The molecule has 2 aromatic rings. The summed E-state index contributed by atoms with van der Waals surface area (Å²) in [6.07, 6.45) is 1.64. The van der Waals surface area contributed by atoms with Crippen LogP contribution in [0.4, 0.5) is 0 Å². The lowest BCUT2D eigenvalue weighted by Gasteiger charge is -2.15. The summed E-state index contributed by atoms with van der Waals surface area (Å²) >= 11 is 0. The van der Waals surface area contributed by atoms with E-state index in [0.29, 0.717) is 0 Å². The van der Waals surface area contributed by atoms with Gasteiger partial charge in [0.2, 0.25) is 0 Å². The lowest BCUT2D eigenvalue weighted by atomic mass is 10.0. The molecule has 1 N–H and O–H groups in total. The maximum atomic E-state index is 10.3. The first-order valence-electron chi connectivity index (χ1n) is 7.57. The van der Waals surface area contributed by atoms with Crippen LogP contribution >= 0.6 is 0 Å². The molecular formula is C19H24O2. The van der Waals surface area contributed by atoms with Gasteiger partial charge in [0.15, 0.2) is 0 Å². The molecule has 0 saturated heterocycles. The lowest BCUT2D eigenvalue weighted by molar-refractivity contribution is 0.107. The third kappa shape index (κ3) is 4.33. The number of aliphatic hydroxyl groups is 1. The third-order valence-corrected chi connectivity index (χ3v) is 3.65. The molecule has 0 saturated carbocycles. The molecule has 0 fully saturated rings. The lowest BCUT2D eigenvalue weighted by Crippen LogP contribution is -2.11. The van der Waals surface area contributed by atoms with Crippen molar-refractivity contribution in [2.75, 3.05) is 6.61 Å². The predicted molar refractivity (Wildman–Crippen MR) is 86.8 cm³/mol. The van der Waals surface area contributed by atoms with Crippen LogP contribution in [0.15, 0.2) is 42.5 Å². The van der Waals surface area contributed by atoms with Gasteiger partial charge >= 0.3 is 0 Å². The number of hydrogen-bond acceptors (Lipinski definition) is 2. The minimum atomic E-state index is -0.596. The summed E-state index contributed by atoms with van der Waals surface area (Å²) in [5.41, 5.74) is 4.56. The van der Waals surface area contributed by atoms with E-state index in [1.165, 1.54) is 11.1 Å². The van der Waals surface area contributed by atoms with Gasteiger partial charge in [0.25, 0.3) is 0 Å². The number of rotatable bonds is 6. The van der Waals surface area contributed by atoms with Gasteiger partial charge in [0, 0.05) is 0 Å². The van der Waals surface area contributed by atoms with Gasteiger partial charge in [-0.25, -0.2) is 0 Å². The molecule has 2 aromatic carbocycles. The molecule has 1 atom stereocenters. The Morgan fingerprint density at radius 2 is 1.76 bits per heavy atom. The molecule has 0 spiro atoms. The fourth-order valence-electron chi connectivity index (χ4n) is 2.51. The zero-order valence-corrected chi connectivity index (χ0v) is 13.1. The van der Waals surface area contributed by atoms with Crippen LogP contribution in [-0.2, 0) is 6.42 Å². The van der Waals surface area contributed by atoms with Crippen molar-refractivity contribution in [3.8, 4) is 5.75 Å². The van der Waals surface area contributed by atoms with E-state index in [2.05, 4.69) is 32.0 Å². The van der Waals surface area contributed by atoms with Crippen LogP contribution in [0.25, 0.3) is 0 Å². The maximum Gasteiger partial charge on any atom is 0.119 e. The first kappa shape index (κ1) is 15.6. The average Bonchev–Trinajstić information content (AvgIpc) is 2.46. The van der Waals surface area contributed by atoms with Crippen LogP contribution < -0.4 is 4.74 Å². The van der Waals surface area contributed by atoms with Crippen LogP contribution in [0, 0.1) is 13.8 Å². The maximum absolute atomic E-state index is 10.3. The fraction of sp³-hybridized carbons (Fsp3) is 0.368. The van der Waals surface area contributed by atoms with Crippen LogP contribution in [0.3, 0.4) is 0 Å². The molecule has 0 aliphatic rings. The topological polar surface area (TPSA) is 29.5 Å². The summed E-state index contributed by atoms with van der Waals surface area (Å²) in [6.45, 7) is 6.52. The molecule has 2 heteroatoms. The number of ether oxygens (including phenoxy) is 1. The van der Waals surface area contributed by atoms with Crippen molar-refractivity contribution in [3.63, 3.8) is 0 Å². The SMILES string of the molecule is CCCc1ccc(OCC(O)c2ccc(C)cc2C)cc1. The molecule has 0 aromatic heterocycles. The first-order valence-corrected chi connectivity index (χ1v) is 7.57. The summed E-state index contributed by atoms with van der Waals surface area (Å²) in [6, 6.07) is 14.2. The number of aliphatic hydroxyl groups excluding tert-OH is 1. The largest absolute Gasteiger partial charge is 0.491 e. The number of hydrogen-bond donors (Lipinski definition) is 1. The molecule has 0 aliphatic heterocycles. The molecule has 1 unspecified atom stereocenters. The van der Waals surface area contributed by atoms with Gasteiger partial charge in [-0.3, -0.25) is 0 Å². The van der Waals surface area contributed by atoms with E-state index in [0.717, 1.165) is 29.7 Å². The normalized spacial score (nSPS) is 12.2. The van der Waals surface area contributed by atoms with E-state index in [4.69, 9.17) is 4.74 Å². The summed E-state index contributed by atoms with van der Waals surface area (Å²) in [7, 11) is 0. The molecule has 112 valence electrons. The molecule has 0 radical (unpaired) electrons. The second-order valence-electron chi connectivity index (χ2n) is 5.58. The molecule has 21 heavy (non-hydrogen) atoms. The molecule has 0 aliphatic carbocycles. The van der Waals surface area contributed by atoms with Gasteiger partial charge in [-0.2, -0.15) is 0 Å². The quantitative estimate of drug-likeness (QED) is 0.853.